The summed E-state index contributed by atoms with van der Waals surface area (Å²) >= 11 is 0. The number of nitriles is 1. The van der Waals surface area contributed by atoms with Crippen molar-refractivity contribution in [2.75, 3.05) is 0 Å². The quantitative estimate of drug-likeness (QED) is 0.794. The highest BCUT2D eigenvalue weighted by Crippen LogP contribution is 2.26. The molecule has 2 heteroatoms. The Morgan fingerprint density at radius 3 is 2.21 bits per heavy atom. The molecule has 0 aromatic heterocycles. The van der Waals surface area contributed by atoms with Crippen LogP contribution in [0.15, 0.2) is 30.3 Å². The maximum Gasteiger partial charge on any atom is 0.0950 e. The molecule has 0 aliphatic rings. The molecule has 0 saturated heterocycles. The van der Waals surface area contributed by atoms with Crippen molar-refractivity contribution in [1.82, 2.24) is 0 Å². The fourth-order valence-corrected chi connectivity index (χ4v) is 1.44. The molecule has 0 aliphatic carbocycles. The summed E-state index contributed by atoms with van der Waals surface area (Å²) in [5.74, 6) is -0.174. The summed E-state index contributed by atoms with van der Waals surface area (Å²) in [5.41, 5.74) is 0.813. The maximum atomic E-state index is 9.93. The van der Waals surface area contributed by atoms with E-state index in [-0.39, 0.29) is 11.8 Å². The Morgan fingerprint density at radius 2 is 1.79 bits per heavy atom. The van der Waals surface area contributed by atoms with Gasteiger partial charge in [-0.05, 0) is 11.5 Å². The summed E-state index contributed by atoms with van der Waals surface area (Å²) in [5, 5.41) is 18.8. The lowest BCUT2D eigenvalue weighted by Crippen LogP contribution is -2.16. The van der Waals surface area contributed by atoms with Gasteiger partial charge in [-0.3, -0.25) is 0 Å². The van der Waals surface area contributed by atoms with Crippen molar-refractivity contribution < 1.29 is 5.11 Å². The highest BCUT2D eigenvalue weighted by atomic mass is 16.3. The first-order valence-electron chi connectivity index (χ1n) is 4.79. The van der Waals surface area contributed by atoms with E-state index in [4.69, 9.17) is 5.26 Å². The minimum absolute atomic E-state index is 0.162. The normalized spacial score (nSPS) is 14.8. The van der Waals surface area contributed by atoms with Crippen molar-refractivity contribution in [3.05, 3.63) is 35.9 Å². The summed E-state index contributed by atoms with van der Waals surface area (Å²) < 4.78 is 0. The van der Waals surface area contributed by atoms with Crippen molar-refractivity contribution in [3.63, 3.8) is 0 Å². The van der Waals surface area contributed by atoms with Gasteiger partial charge in [-0.2, -0.15) is 5.26 Å². The molecule has 1 N–H and O–H groups in total. The molecular formula is C12H15NO. The number of aliphatic hydroxyl groups excluding tert-OH is 1. The van der Waals surface area contributed by atoms with Gasteiger partial charge in [-0.15, -0.1) is 0 Å². The van der Waals surface area contributed by atoms with Crippen LogP contribution in [0.5, 0.6) is 0 Å². The maximum absolute atomic E-state index is 9.93. The molecule has 0 saturated carbocycles. The third kappa shape index (κ3) is 2.34. The first kappa shape index (κ1) is 10.7. The third-order valence-corrected chi connectivity index (χ3v) is 2.35. The van der Waals surface area contributed by atoms with Crippen LogP contribution >= 0.6 is 0 Å². The molecule has 1 aromatic rings. The van der Waals surface area contributed by atoms with Crippen LogP contribution in [0.2, 0.25) is 0 Å². The Morgan fingerprint density at radius 1 is 1.21 bits per heavy atom. The van der Waals surface area contributed by atoms with Gasteiger partial charge in [0.15, 0.2) is 0 Å². The van der Waals surface area contributed by atoms with E-state index in [1.165, 1.54) is 0 Å². The van der Waals surface area contributed by atoms with E-state index in [2.05, 4.69) is 6.07 Å². The van der Waals surface area contributed by atoms with Gasteiger partial charge >= 0.3 is 0 Å². The van der Waals surface area contributed by atoms with E-state index in [1.807, 2.05) is 44.2 Å². The highest BCUT2D eigenvalue weighted by Gasteiger charge is 2.23. The SMILES string of the molecule is CC(C)[C@@H](C#N)[C@H](O)c1ccccc1. The van der Waals surface area contributed by atoms with Crippen LogP contribution < -0.4 is 0 Å². The van der Waals surface area contributed by atoms with E-state index >= 15 is 0 Å². The highest BCUT2D eigenvalue weighted by molar-refractivity contribution is 5.19. The van der Waals surface area contributed by atoms with Gasteiger partial charge < -0.3 is 5.11 Å². The molecule has 2 atom stereocenters. The number of aliphatic hydroxyl groups is 1. The van der Waals surface area contributed by atoms with Crippen LogP contribution in [-0.4, -0.2) is 5.11 Å². The first-order chi connectivity index (χ1) is 6.66. The lowest BCUT2D eigenvalue weighted by Gasteiger charge is -2.19. The molecule has 74 valence electrons. The molecule has 2 nitrogen and oxygen atoms in total. The van der Waals surface area contributed by atoms with Crippen LogP contribution in [-0.2, 0) is 0 Å². The van der Waals surface area contributed by atoms with Gasteiger partial charge in [-0.25, -0.2) is 0 Å². The second-order valence-electron chi connectivity index (χ2n) is 3.75. The molecule has 0 heterocycles. The van der Waals surface area contributed by atoms with Gasteiger partial charge in [-0.1, -0.05) is 44.2 Å². The predicted molar refractivity (Wildman–Crippen MR) is 55.3 cm³/mol. The zero-order chi connectivity index (χ0) is 10.6. The minimum Gasteiger partial charge on any atom is -0.387 e. The van der Waals surface area contributed by atoms with E-state index in [0.717, 1.165) is 5.56 Å². The fraction of sp³-hybridized carbons (Fsp3) is 0.417. The average Bonchev–Trinajstić information content (AvgIpc) is 2.19. The van der Waals surface area contributed by atoms with Crippen molar-refractivity contribution >= 4 is 0 Å². The van der Waals surface area contributed by atoms with Crippen LogP contribution in [0.25, 0.3) is 0 Å². The van der Waals surface area contributed by atoms with E-state index < -0.39 is 6.10 Å². The topological polar surface area (TPSA) is 44.0 Å². The fourth-order valence-electron chi connectivity index (χ4n) is 1.44. The molecule has 0 bridgehead atoms. The standard InChI is InChI=1S/C12H15NO/c1-9(2)11(8-13)12(14)10-6-4-3-5-7-10/h3-7,9,11-12,14H,1-2H3/t11-,12-/m1/s1. The summed E-state index contributed by atoms with van der Waals surface area (Å²) in [7, 11) is 0. The number of nitrogens with zero attached hydrogens (tertiary/aromatic N) is 1. The molecule has 0 amide bonds. The Balaban J connectivity index is 2.85. The van der Waals surface area contributed by atoms with Crippen molar-refractivity contribution in [1.29, 1.82) is 5.26 Å². The monoisotopic (exact) mass is 189 g/mol. The molecule has 0 radical (unpaired) electrons. The second-order valence-corrected chi connectivity index (χ2v) is 3.75. The average molecular weight is 189 g/mol. The van der Waals surface area contributed by atoms with E-state index in [1.54, 1.807) is 0 Å². The molecule has 14 heavy (non-hydrogen) atoms. The van der Waals surface area contributed by atoms with Crippen LogP contribution in [0.4, 0.5) is 0 Å². The molecule has 0 fully saturated rings. The largest absolute Gasteiger partial charge is 0.387 e. The van der Waals surface area contributed by atoms with Gasteiger partial charge in [0, 0.05) is 0 Å². The smallest absolute Gasteiger partial charge is 0.0950 e. The number of hydrogen-bond acceptors (Lipinski definition) is 2. The Kier molecular flexibility index (Phi) is 3.67. The minimum atomic E-state index is -0.679. The second kappa shape index (κ2) is 4.78. The van der Waals surface area contributed by atoms with Crippen molar-refractivity contribution in [2.24, 2.45) is 11.8 Å². The van der Waals surface area contributed by atoms with Gasteiger partial charge in [0.25, 0.3) is 0 Å². The number of rotatable bonds is 3. The van der Waals surface area contributed by atoms with Crippen LogP contribution in [0.3, 0.4) is 0 Å². The Labute approximate surface area is 84.8 Å². The Bertz CT molecular complexity index is 313. The molecular weight excluding hydrogens is 174 g/mol. The third-order valence-electron chi connectivity index (χ3n) is 2.35. The Hall–Kier alpha value is -1.33. The lowest BCUT2D eigenvalue weighted by atomic mass is 9.88. The molecule has 0 aliphatic heterocycles. The van der Waals surface area contributed by atoms with Gasteiger partial charge in [0.1, 0.15) is 0 Å². The molecule has 0 spiro atoms. The van der Waals surface area contributed by atoms with Gasteiger partial charge in [0.05, 0.1) is 18.1 Å². The summed E-state index contributed by atoms with van der Waals surface area (Å²) in [6, 6.07) is 11.5. The van der Waals surface area contributed by atoms with Crippen LogP contribution in [0.1, 0.15) is 25.5 Å². The number of benzene rings is 1. The van der Waals surface area contributed by atoms with Crippen LogP contribution in [0, 0.1) is 23.2 Å². The van der Waals surface area contributed by atoms with E-state index in [9.17, 15) is 5.11 Å². The zero-order valence-electron chi connectivity index (χ0n) is 8.51. The number of hydrogen-bond donors (Lipinski definition) is 1. The summed E-state index contributed by atoms with van der Waals surface area (Å²) in [6.07, 6.45) is -0.679. The van der Waals surface area contributed by atoms with E-state index in [0.29, 0.717) is 0 Å². The molecule has 0 unspecified atom stereocenters. The summed E-state index contributed by atoms with van der Waals surface area (Å²) in [6.45, 7) is 3.89. The zero-order valence-corrected chi connectivity index (χ0v) is 8.51. The predicted octanol–water partition coefficient (Wildman–Crippen LogP) is 2.52. The molecule has 1 aromatic carbocycles. The first-order valence-corrected chi connectivity index (χ1v) is 4.79. The van der Waals surface area contributed by atoms with Crippen molar-refractivity contribution in [3.8, 4) is 6.07 Å². The lowest BCUT2D eigenvalue weighted by molar-refractivity contribution is 0.112. The molecule has 1 rings (SSSR count). The summed E-state index contributed by atoms with van der Waals surface area (Å²) in [4.78, 5) is 0. The van der Waals surface area contributed by atoms with Gasteiger partial charge in [0.2, 0.25) is 0 Å². The van der Waals surface area contributed by atoms with Crippen molar-refractivity contribution in [2.45, 2.75) is 20.0 Å².